The van der Waals surface area contributed by atoms with E-state index in [9.17, 15) is 0 Å². The third-order valence-electron chi connectivity index (χ3n) is 3.42. The van der Waals surface area contributed by atoms with Crippen LogP contribution in [0.1, 0.15) is 36.1 Å². The Hall–Kier alpha value is -1.96. The molecular weight excluding hydrogens is 258 g/mol. The van der Waals surface area contributed by atoms with E-state index in [0.717, 1.165) is 12.3 Å². The molecule has 2 aromatic rings. The quantitative estimate of drug-likeness (QED) is 0.832. The summed E-state index contributed by atoms with van der Waals surface area (Å²) in [4.78, 5) is 0. The minimum atomic E-state index is 0.204. The molecule has 2 heteroatoms. The van der Waals surface area contributed by atoms with Gasteiger partial charge in [-0.3, -0.25) is 0 Å². The van der Waals surface area contributed by atoms with Gasteiger partial charge in [-0.1, -0.05) is 29.8 Å². The molecule has 0 aliphatic carbocycles. The SMILES string of the molecule is Cc1cc(C)c(NCc2cccc(OC(C)C)c2)c(C)c1. The molecule has 21 heavy (non-hydrogen) atoms. The molecule has 0 radical (unpaired) electrons. The lowest BCUT2D eigenvalue weighted by molar-refractivity contribution is 0.242. The maximum absolute atomic E-state index is 5.74. The summed E-state index contributed by atoms with van der Waals surface area (Å²) in [6.07, 6.45) is 0.204. The Labute approximate surface area is 128 Å². The minimum absolute atomic E-state index is 0.204. The van der Waals surface area contributed by atoms with Gasteiger partial charge in [-0.25, -0.2) is 0 Å². The Bertz CT molecular complexity index is 594. The molecule has 2 rings (SSSR count). The van der Waals surface area contributed by atoms with Gasteiger partial charge in [0.25, 0.3) is 0 Å². The predicted molar refractivity (Wildman–Crippen MR) is 90.2 cm³/mol. The molecule has 0 amide bonds. The van der Waals surface area contributed by atoms with Crippen molar-refractivity contribution >= 4 is 5.69 Å². The summed E-state index contributed by atoms with van der Waals surface area (Å²) < 4.78 is 5.74. The van der Waals surface area contributed by atoms with Gasteiger partial charge in [-0.2, -0.15) is 0 Å². The minimum Gasteiger partial charge on any atom is -0.491 e. The van der Waals surface area contributed by atoms with Gasteiger partial charge in [0.1, 0.15) is 5.75 Å². The fourth-order valence-electron chi connectivity index (χ4n) is 2.65. The molecule has 2 aromatic carbocycles. The first kappa shape index (κ1) is 15.4. The van der Waals surface area contributed by atoms with Crippen LogP contribution in [-0.4, -0.2) is 6.10 Å². The van der Waals surface area contributed by atoms with Gasteiger partial charge < -0.3 is 10.1 Å². The summed E-state index contributed by atoms with van der Waals surface area (Å²) >= 11 is 0. The molecule has 0 heterocycles. The number of benzene rings is 2. The summed E-state index contributed by atoms with van der Waals surface area (Å²) in [6, 6.07) is 12.7. The van der Waals surface area contributed by atoms with E-state index in [2.05, 4.69) is 50.4 Å². The average molecular weight is 283 g/mol. The highest BCUT2D eigenvalue weighted by molar-refractivity contribution is 5.58. The van der Waals surface area contributed by atoms with Crippen molar-refractivity contribution in [2.45, 2.75) is 47.3 Å². The first-order valence-corrected chi connectivity index (χ1v) is 7.53. The second kappa shape index (κ2) is 6.66. The maximum Gasteiger partial charge on any atom is 0.120 e. The number of hydrogen-bond acceptors (Lipinski definition) is 2. The van der Waals surface area contributed by atoms with Crippen LogP contribution in [0.15, 0.2) is 36.4 Å². The second-order valence-electron chi connectivity index (χ2n) is 5.94. The Morgan fingerprint density at radius 3 is 2.29 bits per heavy atom. The number of hydrogen-bond donors (Lipinski definition) is 1. The fraction of sp³-hybridized carbons (Fsp3) is 0.368. The van der Waals surface area contributed by atoms with Gasteiger partial charge in [0, 0.05) is 12.2 Å². The Morgan fingerprint density at radius 1 is 1.00 bits per heavy atom. The van der Waals surface area contributed by atoms with Crippen LogP contribution in [0.25, 0.3) is 0 Å². The van der Waals surface area contributed by atoms with E-state index >= 15 is 0 Å². The lowest BCUT2D eigenvalue weighted by atomic mass is 10.0. The van der Waals surface area contributed by atoms with Crippen LogP contribution in [-0.2, 0) is 6.54 Å². The summed E-state index contributed by atoms with van der Waals surface area (Å²) in [5.41, 5.74) is 6.36. The van der Waals surface area contributed by atoms with Crippen molar-refractivity contribution in [2.24, 2.45) is 0 Å². The topological polar surface area (TPSA) is 21.3 Å². The second-order valence-corrected chi connectivity index (χ2v) is 5.94. The van der Waals surface area contributed by atoms with Gasteiger partial charge in [-0.05, 0) is 63.4 Å². The van der Waals surface area contributed by atoms with E-state index in [4.69, 9.17) is 4.74 Å². The lowest BCUT2D eigenvalue weighted by Gasteiger charge is -2.15. The summed E-state index contributed by atoms with van der Waals surface area (Å²) in [6.45, 7) is 11.3. The highest BCUT2D eigenvalue weighted by Gasteiger charge is 2.04. The first-order valence-electron chi connectivity index (χ1n) is 7.53. The molecule has 1 N–H and O–H groups in total. The van der Waals surface area contributed by atoms with Crippen LogP contribution < -0.4 is 10.1 Å². The van der Waals surface area contributed by atoms with Crippen LogP contribution in [0, 0.1) is 20.8 Å². The number of aryl methyl sites for hydroxylation is 3. The molecular formula is C19H25NO. The molecule has 2 nitrogen and oxygen atoms in total. The van der Waals surface area contributed by atoms with Crippen molar-refractivity contribution in [3.05, 3.63) is 58.7 Å². The smallest absolute Gasteiger partial charge is 0.120 e. The van der Waals surface area contributed by atoms with E-state index in [-0.39, 0.29) is 6.10 Å². The molecule has 0 fully saturated rings. The van der Waals surface area contributed by atoms with Crippen molar-refractivity contribution in [1.82, 2.24) is 0 Å². The number of anilines is 1. The molecule has 112 valence electrons. The van der Waals surface area contributed by atoms with Gasteiger partial charge in [0.2, 0.25) is 0 Å². The van der Waals surface area contributed by atoms with Crippen LogP contribution in [0.2, 0.25) is 0 Å². The molecule has 0 saturated carbocycles. The monoisotopic (exact) mass is 283 g/mol. The molecule has 0 aliphatic rings. The van der Waals surface area contributed by atoms with Crippen LogP contribution in [0.3, 0.4) is 0 Å². The average Bonchev–Trinajstić information content (AvgIpc) is 2.37. The maximum atomic E-state index is 5.74. The highest BCUT2D eigenvalue weighted by Crippen LogP contribution is 2.23. The van der Waals surface area contributed by atoms with Crippen LogP contribution in [0.4, 0.5) is 5.69 Å². The molecule has 0 unspecified atom stereocenters. The fourth-order valence-corrected chi connectivity index (χ4v) is 2.65. The van der Waals surface area contributed by atoms with Crippen LogP contribution >= 0.6 is 0 Å². The van der Waals surface area contributed by atoms with Gasteiger partial charge in [-0.15, -0.1) is 0 Å². The van der Waals surface area contributed by atoms with E-state index in [1.807, 2.05) is 26.0 Å². The Kier molecular flexibility index (Phi) is 4.89. The zero-order chi connectivity index (χ0) is 15.4. The third-order valence-corrected chi connectivity index (χ3v) is 3.42. The zero-order valence-corrected chi connectivity index (χ0v) is 13.7. The van der Waals surface area contributed by atoms with Crippen molar-refractivity contribution in [2.75, 3.05) is 5.32 Å². The third kappa shape index (κ3) is 4.25. The molecule has 0 aromatic heterocycles. The number of ether oxygens (including phenoxy) is 1. The summed E-state index contributed by atoms with van der Waals surface area (Å²) in [5, 5.41) is 3.55. The van der Waals surface area contributed by atoms with E-state index in [0.29, 0.717) is 0 Å². The molecule has 0 aliphatic heterocycles. The predicted octanol–water partition coefficient (Wildman–Crippen LogP) is 5.01. The van der Waals surface area contributed by atoms with Gasteiger partial charge in [0.05, 0.1) is 6.10 Å². The molecule has 0 atom stereocenters. The van der Waals surface area contributed by atoms with Gasteiger partial charge >= 0.3 is 0 Å². The molecule has 0 saturated heterocycles. The zero-order valence-electron chi connectivity index (χ0n) is 13.7. The van der Waals surface area contributed by atoms with Crippen LogP contribution in [0.5, 0.6) is 5.75 Å². The normalized spacial score (nSPS) is 10.8. The Balaban J connectivity index is 2.10. The summed E-state index contributed by atoms with van der Waals surface area (Å²) in [5.74, 6) is 0.932. The number of rotatable bonds is 5. The van der Waals surface area contributed by atoms with E-state index < -0.39 is 0 Å². The van der Waals surface area contributed by atoms with Crippen molar-refractivity contribution in [3.63, 3.8) is 0 Å². The standard InChI is InChI=1S/C19H25NO/c1-13(2)21-18-8-6-7-17(11-18)12-20-19-15(4)9-14(3)10-16(19)5/h6-11,13,20H,12H2,1-5H3. The highest BCUT2D eigenvalue weighted by atomic mass is 16.5. The lowest BCUT2D eigenvalue weighted by Crippen LogP contribution is -2.07. The molecule has 0 bridgehead atoms. The Morgan fingerprint density at radius 2 is 1.67 bits per heavy atom. The van der Waals surface area contributed by atoms with E-state index in [1.54, 1.807) is 0 Å². The summed E-state index contributed by atoms with van der Waals surface area (Å²) in [7, 11) is 0. The number of nitrogens with one attached hydrogen (secondary N) is 1. The largest absolute Gasteiger partial charge is 0.491 e. The van der Waals surface area contributed by atoms with E-state index in [1.165, 1.54) is 27.9 Å². The van der Waals surface area contributed by atoms with Crippen molar-refractivity contribution < 1.29 is 4.74 Å². The molecule has 0 spiro atoms. The first-order chi connectivity index (χ1) is 9.95. The van der Waals surface area contributed by atoms with Gasteiger partial charge in [0.15, 0.2) is 0 Å². The van der Waals surface area contributed by atoms with Crippen molar-refractivity contribution in [1.29, 1.82) is 0 Å². The van der Waals surface area contributed by atoms with Crippen molar-refractivity contribution in [3.8, 4) is 5.75 Å².